The Morgan fingerprint density at radius 3 is 1.71 bits per heavy atom. The van der Waals surface area contributed by atoms with Gasteiger partial charge < -0.3 is 24.6 Å². The predicted molar refractivity (Wildman–Crippen MR) is 134 cm³/mol. The van der Waals surface area contributed by atoms with Crippen molar-refractivity contribution in [1.29, 1.82) is 0 Å². The maximum absolute atomic E-state index is 13.0. The number of ether oxygens (including phenoxy) is 3. The number of hydrogen-bond acceptors (Lipinski definition) is 7. The molecule has 0 bridgehead atoms. The zero-order valence-corrected chi connectivity index (χ0v) is 22.7. The normalized spacial score (nSPS) is 14.0. The van der Waals surface area contributed by atoms with Crippen molar-refractivity contribution in [2.24, 2.45) is 5.92 Å². The van der Waals surface area contributed by atoms with Crippen LogP contribution in [0.2, 0.25) is 0 Å². The molecule has 198 valence electrons. The van der Waals surface area contributed by atoms with E-state index in [1.807, 2.05) is 0 Å². The minimum atomic E-state index is -0.984. The smallest absolute Gasteiger partial charge is 0.408 e. The third-order valence-electron chi connectivity index (χ3n) is 4.64. The van der Waals surface area contributed by atoms with Gasteiger partial charge in [0.15, 0.2) is 0 Å². The molecule has 0 aliphatic heterocycles. The summed E-state index contributed by atoms with van der Waals surface area (Å²) in [6.07, 6.45) is 0.806. The molecule has 0 radical (unpaired) electrons. The highest BCUT2D eigenvalue weighted by Gasteiger charge is 2.31. The highest BCUT2D eigenvalue weighted by molar-refractivity contribution is 5.82. The molecule has 0 aliphatic carbocycles. The Morgan fingerprint density at radius 1 is 0.743 bits per heavy atom. The molecule has 2 N–H and O–H groups in total. The maximum Gasteiger partial charge on any atom is 0.408 e. The van der Waals surface area contributed by atoms with Crippen molar-refractivity contribution in [2.75, 3.05) is 0 Å². The van der Waals surface area contributed by atoms with Crippen LogP contribution in [0.4, 0.5) is 4.79 Å². The standard InChI is InChI=1S/C27H43NO7/c1-25(2,3)33-22(30)19(13-10-18-11-15-20(29)16-12-18)14-17-21(23(31)34-26(4,5)6)28-24(32)35-27(7,8)9/h11-12,15-16,19,21,29H,10,13-14,17H2,1-9H3,(H,28,32)/t19?,21-/m0/s1. The van der Waals surface area contributed by atoms with Gasteiger partial charge in [-0.15, -0.1) is 0 Å². The van der Waals surface area contributed by atoms with E-state index in [4.69, 9.17) is 14.2 Å². The SMILES string of the molecule is CC(C)(C)OC(=O)N[C@@H](CCC(CCc1ccc(O)cc1)C(=O)OC(C)(C)C)C(=O)OC(C)(C)C. The number of carbonyl (C=O) groups is 3. The maximum atomic E-state index is 13.0. The molecular formula is C27H43NO7. The van der Waals surface area contributed by atoms with Gasteiger partial charge in [0.1, 0.15) is 28.6 Å². The largest absolute Gasteiger partial charge is 0.508 e. The van der Waals surface area contributed by atoms with Crippen LogP contribution >= 0.6 is 0 Å². The second-order valence-corrected chi connectivity index (χ2v) is 11.7. The highest BCUT2D eigenvalue weighted by Crippen LogP contribution is 2.23. The average Bonchev–Trinajstić information content (AvgIpc) is 2.64. The van der Waals surface area contributed by atoms with Crippen molar-refractivity contribution in [2.45, 2.75) is 111 Å². The highest BCUT2D eigenvalue weighted by atomic mass is 16.6. The topological polar surface area (TPSA) is 111 Å². The molecule has 1 rings (SSSR count). The average molecular weight is 494 g/mol. The Bertz CT molecular complexity index is 842. The Kier molecular flexibility index (Phi) is 10.6. The molecule has 1 amide bonds. The summed E-state index contributed by atoms with van der Waals surface area (Å²) in [4.78, 5) is 38.2. The lowest BCUT2D eigenvalue weighted by Crippen LogP contribution is -2.46. The van der Waals surface area contributed by atoms with Crippen molar-refractivity contribution in [3.8, 4) is 5.75 Å². The first-order valence-electron chi connectivity index (χ1n) is 12.1. The van der Waals surface area contributed by atoms with E-state index in [1.165, 1.54) is 0 Å². The van der Waals surface area contributed by atoms with Gasteiger partial charge in [-0.2, -0.15) is 0 Å². The zero-order valence-electron chi connectivity index (χ0n) is 22.7. The number of carbonyl (C=O) groups excluding carboxylic acids is 3. The number of phenolic OH excluding ortho intramolecular Hbond substituents is 1. The fraction of sp³-hybridized carbons (Fsp3) is 0.667. The van der Waals surface area contributed by atoms with Gasteiger partial charge in [0, 0.05) is 0 Å². The minimum absolute atomic E-state index is 0.172. The lowest BCUT2D eigenvalue weighted by molar-refractivity contribution is -0.162. The van der Waals surface area contributed by atoms with E-state index in [0.29, 0.717) is 19.3 Å². The molecule has 0 aromatic heterocycles. The number of amides is 1. The lowest BCUT2D eigenvalue weighted by atomic mass is 9.93. The van der Waals surface area contributed by atoms with Crippen LogP contribution in [0.3, 0.4) is 0 Å². The zero-order chi connectivity index (χ0) is 27.0. The lowest BCUT2D eigenvalue weighted by Gasteiger charge is -2.28. The Labute approximate surface area is 209 Å². The summed E-state index contributed by atoms with van der Waals surface area (Å²) < 4.78 is 16.4. The molecule has 2 atom stereocenters. The molecule has 0 saturated heterocycles. The molecule has 0 heterocycles. The molecular weight excluding hydrogens is 450 g/mol. The number of alkyl carbamates (subject to hydrolysis) is 1. The molecule has 0 aliphatic rings. The van der Waals surface area contributed by atoms with Crippen molar-refractivity contribution in [1.82, 2.24) is 5.32 Å². The Morgan fingerprint density at radius 2 is 1.23 bits per heavy atom. The number of aromatic hydroxyl groups is 1. The first kappa shape index (κ1) is 30.3. The van der Waals surface area contributed by atoms with Gasteiger partial charge in [0.05, 0.1) is 5.92 Å². The van der Waals surface area contributed by atoms with Crippen LogP contribution < -0.4 is 5.32 Å². The summed E-state index contributed by atoms with van der Waals surface area (Å²) >= 11 is 0. The van der Waals surface area contributed by atoms with Gasteiger partial charge in [0.25, 0.3) is 0 Å². The minimum Gasteiger partial charge on any atom is -0.508 e. The van der Waals surface area contributed by atoms with Crippen molar-refractivity contribution < 1.29 is 33.7 Å². The fourth-order valence-electron chi connectivity index (χ4n) is 3.21. The number of phenols is 1. The first-order valence-corrected chi connectivity index (χ1v) is 12.1. The molecule has 35 heavy (non-hydrogen) atoms. The van der Waals surface area contributed by atoms with E-state index in [0.717, 1.165) is 5.56 Å². The number of nitrogens with one attached hydrogen (secondary N) is 1. The Hall–Kier alpha value is -2.77. The van der Waals surface area contributed by atoms with Crippen molar-refractivity contribution in [3.05, 3.63) is 29.8 Å². The molecule has 8 heteroatoms. The molecule has 8 nitrogen and oxygen atoms in total. The second-order valence-electron chi connectivity index (χ2n) is 11.7. The summed E-state index contributed by atoms with van der Waals surface area (Å²) in [5, 5.41) is 12.1. The van der Waals surface area contributed by atoms with Gasteiger partial charge in [-0.1, -0.05) is 12.1 Å². The fourth-order valence-corrected chi connectivity index (χ4v) is 3.21. The van der Waals surface area contributed by atoms with E-state index in [2.05, 4.69) is 5.32 Å². The van der Waals surface area contributed by atoms with Gasteiger partial charge in [0.2, 0.25) is 0 Å². The summed E-state index contributed by atoms with van der Waals surface area (Å²) in [6.45, 7) is 15.8. The van der Waals surface area contributed by atoms with Gasteiger partial charge in [-0.05, 0) is 106 Å². The van der Waals surface area contributed by atoms with Crippen LogP contribution in [0.1, 0.15) is 87.1 Å². The molecule has 0 fully saturated rings. The molecule has 1 unspecified atom stereocenters. The predicted octanol–water partition coefficient (Wildman–Crippen LogP) is 5.30. The number of hydrogen-bond donors (Lipinski definition) is 2. The van der Waals surface area contributed by atoms with Crippen LogP contribution in [0.25, 0.3) is 0 Å². The van der Waals surface area contributed by atoms with Crippen molar-refractivity contribution >= 4 is 18.0 Å². The molecule has 1 aromatic carbocycles. The monoisotopic (exact) mass is 493 g/mol. The van der Waals surface area contributed by atoms with E-state index in [1.54, 1.807) is 86.6 Å². The summed E-state index contributed by atoms with van der Waals surface area (Å²) in [6, 6.07) is 5.81. The first-order chi connectivity index (χ1) is 15.8. The van der Waals surface area contributed by atoms with Crippen LogP contribution in [0.5, 0.6) is 5.75 Å². The molecule has 0 spiro atoms. The van der Waals surface area contributed by atoms with E-state index < -0.39 is 40.8 Å². The van der Waals surface area contributed by atoms with E-state index in [9.17, 15) is 19.5 Å². The van der Waals surface area contributed by atoms with Crippen molar-refractivity contribution in [3.63, 3.8) is 0 Å². The van der Waals surface area contributed by atoms with Gasteiger partial charge in [-0.25, -0.2) is 9.59 Å². The summed E-state index contributed by atoms with van der Waals surface area (Å²) in [7, 11) is 0. The molecule has 1 aromatic rings. The quantitative estimate of drug-likeness (QED) is 0.355. The van der Waals surface area contributed by atoms with Crippen LogP contribution in [-0.2, 0) is 30.2 Å². The van der Waals surface area contributed by atoms with Crippen LogP contribution in [0.15, 0.2) is 24.3 Å². The van der Waals surface area contributed by atoms with E-state index in [-0.39, 0.29) is 18.1 Å². The second kappa shape index (κ2) is 12.3. The number of rotatable bonds is 9. The van der Waals surface area contributed by atoms with E-state index >= 15 is 0 Å². The number of aryl methyl sites for hydroxylation is 1. The van der Waals surface area contributed by atoms with Gasteiger partial charge in [-0.3, -0.25) is 4.79 Å². The third kappa shape index (κ3) is 13.6. The van der Waals surface area contributed by atoms with Crippen LogP contribution in [-0.4, -0.2) is 46.0 Å². The Balaban J connectivity index is 3.01. The molecule has 0 saturated carbocycles. The summed E-state index contributed by atoms with van der Waals surface area (Å²) in [5.41, 5.74) is -1.17. The summed E-state index contributed by atoms with van der Waals surface area (Å²) in [5.74, 6) is -1.29. The van der Waals surface area contributed by atoms with Gasteiger partial charge >= 0.3 is 18.0 Å². The number of esters is 2. The third-order valence-corrected chi connectivity index (χ3v) is 4.64. The van der Waals surface area contributed by atoms with Crippen LogP contribution in [0, 0.1) is 5.92 Å². The number of benzene rings is 1.